The van der Waals surface area contributed by atoms with Crippen molar-refractivity contribution in [2.24, 2.45) is 27.7 Å². The SMILES string of the molecule is C=N/C(=N\C(Nc1ccc2c(cnn2Cc2ccc(-c3nc(Nc4ccc(N5CCC(N6CCN(Cc7nc(Nc8ccc(P(C)(C)=O)cc8)nc(NC89CC%10CC(CC(C%10)C8)C9)c7C(F)(F)F)CC6)CC5)cc4OC)nc(Nc4ncc(P(C)(C)=O)nc4OC)c3Cl)cc2)c1)=C(/C)C(F)(F)F)Nc1ccc(P(C)(C)=O)cc1. The number of piperidine rings is 1. The largest absolute Gasteiger partial charge is 0.494 e. The number of guanidine groups is 1. The maximum Gasteiger partial charge on any atom is 0.421 e. The second kappa shape index (κ2) is 32.1. The molecule has 24 nitrogen and oxygen atoms in total. The number of ether oxygens (including phenoxy) is 2. The summed E-state index contributed by atoms with van der Waals surface area (Å²) in [6.45, 7) is 18.5. The zero-order valence-corrected chi connectivity index (χ0v) is 67.7. The predicted molar refractivity (Wildman–Crippen MR) is 440 cm³/mol. The normalized spacial score (nSPS) is 19.6. The van der Waals surface area contributed by atoms with Crippen LogP contribution in [0.15, 0.2) is 143 Å². The summed E-state index contributed by atoms with van der Waals surface area (Å²) in [6, 6.07) is 32.3. The second-order valence-corrected chi connectivity index (χ2v) is 41.2. The van der Waals surface area contributed by atoms with Crippen LogP contribution < -0.4 is 62.3 Å². The Hall–Kier alpha value is -9.43. The first-order chi connectivity index (χ1) is 53.6. The number of halogens is 7. The molecule has 4 aromatic heterocycles. The molecule has 9 aromatic rings. The third kappa shape index (κ3) is 18.5. The van der Waals surface area contributed by atoms with E-state index in [0.717, 1.165) is 82.6 Å². The summed E-state index contributed by atoms with van der Waals surface area (Å²) in [7, 11) is -4.96. The highest BCUT2D eigenvalue weighted by Crippen LogP contribution is 2.57. The Morgan fingerprint density at radius 1 is 0.646 bits per heavy atom. The number of nitrogens with one attached hydrogen (secondary N) is 6. The summed E-state index contributed by atoms with van der Waals surface area (Å²) in [5.41, 5.74) is 3.19. The molecular formula is C79H91ClF6N19O5P3. The number of nitrogens with zero attached hydrogens (tertiary/aromatic N) is 13. The van der Waals surface area contributed by atoms with E-state index in [4.69, 9.17) is 31.0 Å². The topological polar surface area (TPSA) is 271 Å². The van der Waals surface area contributed by atoms with Gasteiger partial charge in [0.25, 0.3) is 5.88 Å². The fourth-order valence-corrected chi connectivity index (χ4v) is 19.0. The maximum absolute atomic E-state index is 15.7. The molecule has 0 radical (unpaired) electrons. The molecule has 4 bridgehead atoms. The number of allylic oxidation sites excluding steroid dienone is 1. The smallest absolute Gasteiger partial charge is 0.421 e. The highest BCUT2D eigenvalue weighted by Gasteiger charge is 2.52. The van der Waals surface area contributed by atoms with Gasteiger partial charge in [0.05, 0.1) is 61.3 Å². The van der Waals surface area contributed by atoms with Crippen LogP contribution in [-0.4, -0.2) is 173 Å². The highest BCUT2D eigenvalue weighted by molar-refractivity contribution is 7.70. The van der Waals surface area contributed by atoms with Crippen molar-refractivity contribution in [3.05, 3.63) is 155 Å². The average molecular weight is 1630 g/mol. The minimum absolute atomic E-state index is 0.00402. The van der Waals surface area contributed by atoms with Crippen LogP contribution in [0, 0.1) is 17.8 Å². The van der Waals surface area contributed by atoms with Gasteiger partial charge in [0.15, 0.2) is 11.6 Å². The van der Waals surface area contributed by atoms with Gasteiger partial charge in [0.1, 0.15) is 54.8 Å². The van der Waals surface area contributed by atoms with Crippen molar-refractivity contribution in [2.45, 2.75) is 95.3 Å². The van der Waals surface area contributed by atoms with Gasteiger partial charge < -0.3 is 60.0 Å². The van der Waals surface area contributed by atoms with Crippen LogP contribution in [0.1, 0.15) is 75.1 Å². The number of piperazine rings is 1. The Labute approximate surface area is 657 Å². The molecule has 15 rings (SSSR count). The van der Waals surface area contributed by atoms with Gasteiger partial charge in [0, 0.05) is 108 Å². The lowest BCUT2D eigenvalue weighted by molar-refractivity contribution is -0.138. The molecule has 2 aliphatic heterocycles. The fourth-order valence-electron chi connectivity index (χ4n) is 16.4. The fraction of sp³-hybridized carbons (Fsp3) is 0.405. The van der Waals surface area contributed by atoms with Crippen molar-refractivity contribution >= 4 is 130 Å². The van der Waals surface area contributed by atoms with Crippen molar-refractivity contribution in [2.75, 3.05) is 130 Å². The summed E-state index contributed by atoms with van der Waals surface area (Å²) in [5, 5.41) is 25.7. The number of aliphatic imine (C=N–C) groups is 2. The van der Waals surface area contributed by atoms with E-state index >= 15 is 13.2 Å². The van der Waals surface area contributed by atoms with Crippen molar-refractivity contribution < 1.29 is 49.5 Å². The third-order valence-electron chi connectivity index (χ3n) is 21.9. The zero-order chi connectivity index (χ0) is 80.1. The summed E-state index contributed by atoms with van der Waals surface area (Å²) in [5.74, 6) is 1.65. The van der Waals surface area contributed by atoms with Crippen LogP contribution in [-0.2, 0) is 33.0 Å². The van der Waals surface area contributed by atoms with E-state index in [9.17, 15) is 26.9 Å². The molecule has 6 aliphatic rings. The van der Waals surface area contributed by atoms with E-state index in [0.29, 0.717) is 112 Å². The van der Waals surface area contributed by atoms with Crippen LogP contribution >= 0.6 is 33.0 Å². The second-order valence-electron chi connectivity index (χ2n) is 31.2. The van der Waals surface area contributed by atoms with Crippen LogP contribution in [0.25, 0.3) is 22.2 Å². The number of rotatable bonds is 24. The Kier molecular flexibility index (Phi) is 22.8. The molecule has 5 aromatic carbocycles. The Morgan fingerprint density at radius 3 is 1.86 bits per heavy atom. The highest BCUT2D eigenvalue weighted by atomic mass is 35.5. The van der Waals surface area contributed by atoms with Gasteiger partial charge in [-0.05, 0) is 207 Å². The van der Waals surface area contributed by atoms with Crippen LogP contribution in [0.2, 0.25) is 5.02 Å². The van der Waals surface area contributed by atoms with E-state index in [1.807, 2.05) is 42.5 Å². The molecule has 4 saturated carbocycles. The van der Waals surface area contributed by atoms with Gasteiger partial charge in [0.2, 0.25) is 17.9 Å². The zero-order valence-electron chi connectivity index (χ0n) is 64.2. The predicted octanol–water partition coefficient (Wildman–Crippen LogP) is 16.3. The van der Waals surface area contributed by atoms with Crippen LogP contribution in [0.4, 0.5) is 84.1 Å². The molecule has 0 unspecified atom stereocenters. The van der Waals surface area contributed by atoms with E-state index in [-0.39, 0.29) is 69.9 Å². The standard InChI is InChI=1S/C79H91ClF6N19O5P3/c1-47(78(81,82)83)69(98-74(87-2)91-54-15-21-59(22-16-54)111(5,6)106)90-56-19-26-63-53(38-56)43-89-105(63)45-48-11-13-52(14-12-48)68-67(80)71(97-72-73(110-4)95-65(44-88-72)113(9,10)108)100-76(96-68)93-61-25-20-58(39-64(61)109-3)103-29-27-57(28-30-103)104-33-31-102(32-34-104)46-62-66(79(84,85)86)70(101-77-40-49-35-50(41-77)37-51(36-49)42-77)99-75(94-62)92-55-17-23-60(24-18-55)112(7,8)107/h11-26,38-39,43-44,49-51,57,90H,2,27-37,40-42,45-46H2,1,3-10H3,(H,91,98)(H2,92,94,99,101)(H2,88,93,96,97,100)/b69-47+. The Bertz CT molecular complexity index is 5240. The van der Waals surface area contributed by atoms with E-state index in [1.165, 1.54) is 13.3 Å². The van der Waals surface area contributed by atoms with Crippen molar-refractivity contribution in [1.29, 1.82) is 0 Å². The van der Waals surface area contributed by atoms with Gasteiger partial charge in [-0.15, -0.1) is 0 Å². The van der Waals surface area contributed by atoms with Gasteiger partial charge in [-0.1, -0.05) is 35.9 Å². The minimum Gasteiger partial charge on any atom is -0.494 e. The maximum atomic E-state index is 15.7. The number of benzene rings is 5. The van der Waals surface area contributed by atoms with Gasteiger partial charge in [-0.25, -0.2) is 24.9 Å². The number of alkyl halides is 6. The number of hydrogen-bond donors (Lipinski definition) is 6. The average Bonchev–Trinajstić information content (AvgIpc) is 1.02. The first-order valence-electron chi connectivity index (χ1n) is 37.4. The van der Waals surface area contributed by atoms with E-state index in [2.05, 4.69) is 88.3 Å². The summed E-state index contributed by atoms with van der Waals surface area (Å²) >= 11 is 7.28. The lowest BCUT2D eigenvalue weighted by Crippen LogP contribution is -2.55. The number of methoxy groups -OCH3 is 2. The molecule has 596 valence electrons. The first-order valence-corrected chi connectivity index (χ1v) is 45.6. The molecule has 2 saturated heterocycles. The molecule has 4 aliphatic carbocycles. The number of anilines is 10. The number of hydrogen-bond acceptors (Lipinski definition) is 21. The summed E-state index contributed by atoms with van der Waals surface area (Å²) in [6.07, 6.45) is 1.19. The van der Waals surface area contributed by atoms with Crippen LogP contribution in [0.5, 0.6) is 11.6 Å². The Balaban J connectivity index is 0.653. The number of aromatic nitrogens is 8. The first kappa shape index (κ1) is 80.2. The monoisotopic (exact) mass is 1630 g/mol. The minimum atomic E-state index is -4.75. The summed E-state index contributed by atoms with van der Waals surface area (Å²) in [4.78, 5) is 43.1. The molecule has 6 N–H and O–H groups in total. The molecule has 0 spiro atoms. The van der Waals surface area contributed by atoms with Crippen molar-refractivity contribution in [3.63, 3.8) is 0 Å². The van der Waals surface area contributed by atoms with Gasteiger partial charge >= 0.3 is 12.4 Å². The van der Waals surface area contributed by atoms with Crippen LogP contribution in [0.3, 0.4) is 0 Å². The Morgan fingerprint density at radius 2 is 1.27 bits per heavy atom. The van der Waals surface area contributed by atoms with Gasteiger partial charge in [-0.2, -0.15) is 46.4 Å². The van der Waals surface area contributed by atoms with E-state index in [1.54, 1.807) is 125 Å². The third-order valence-corrected chi connectivity index (χ3v) is 26.7. The van der Waals surface area contributed by atoms with E-state index < -0.39 is 56.3 Å². The lowest BCUT2D eigenvalue weighted by Gasteiger charge is -2.57. The molecule has 0 amide bonds. The van der Waals surface area contributed by atoms with Gasteiger partial charge in [-0.3, -0.25) is 14.5 Å². The molecule has 113 heavy (non-hydrogen) atoms. The van der Waals surface area contributed by atoms with Crippen molar-refractivity contribution in [3.8, 4) is 22.9 Å². The van der Waals surface area contributed by atoms with Crippen molar-refractivity contribution in [1.82, 2.24) is 49.5 Å². The molecule has 0 atom stereocenters. The molecule has 6 heterocycles. The lowest BCUT2D eigenvalue weighted by atomic mass is 9.53. The quantitative estimate of drug-likeness (QED) is 0.0142. The molecule has 34 heteroatoms. The molecular weight excluding hydrogens is 1540 g/mol. The molecule has 6 fully saturated rings. The number of fused-ring (bicyclic) bond motifs is 1. The summed E-state index contributed by atoms with van der Waals surface area (Å²) < 4.78 is 142.